The van der Waals surface area contributed by atoms with Crippen molar-refractivity contribution in [2.45, 2.75) is 6.92 Å². The summed E-state index contributed by atoms with van der Waals surface area (Å²) >= 11 is 0. The molecule has 0 bridgehead atoms. The van der Waals surface area contributed by atoms with Gasteiger partial charge < -0.3 is 4.42 Å². The van der Waals surface area contributed by atoms with Crippen LogP contribution in [0.4, 0.5) is 0 Å². The van der Waals surface area contributed by atoms with Gasteiger partial charge in [-0.1, -0.05) is 91.0 Å². The second-order valence-corrected chi connectivity index (χ2v) is 11.2. The quantitative estimate of drug-likeness (QED) is 0.203. The van der Waals surface area contributed by atoms with E-state index in [2.05, 4.69) is 145 Å². The molecule has 0 saturated heterocycles. The van der Waals surface area contributed by atoms with Crippen molar-refractivity contribution in [3.8, 4) is 45.0 Å². The first kappa shape index (κ1) is 25.2. The second-order valence-electron chi connectivity index (χ2n) is 11.2. The Bertz CT molecular complexity index is 2210. The number of imidazole rings is 1. The average Bonchev–Trinajstić information content (AvgIpc) is 3.55. The molecule has 0 aliphatic rings. The number of aryl methyl sites for hydroxylation is 3. The number of aromatic nitrogens is 3. The maximum absolute atomic E-state index is 6.76. The van der Waals surface area contributed by atoms with E-state index in [1.807, 2.05) is 12.1 Å². The van der Waals surface area contributed by atoms with Gasteiger partial charge in [0.15, 0.2) is 16.6 Å². The minimum absolute atomic E-state index is 0.856. The monoisotopic (exact) mass is 556 g/mol. The SMILES string of the molecule is Cc1ccc2c(oc3cc(-c4cc(-c5ccccc5)cc(-c5ccccc5)n4)ccc32)c1-c1n(C)c2ccccc2[n+]1C. The van der Waals surface area contributed by atoms with Gasteiger partial charge in [0.25, 0.3) is 5.82 Å². The summed E-state index contributed by atoms with van der Waals surface area (Å²) < 4.78 is 11.3. The Morgan fingerprint density at radius 3 is 2.02 bits per heavy atom. The van der Waals surface area contributed by atoms with E-state index in [1.54, 1.807) is 0 Å². The molecule has 4 nitrogen and oxygen atoms in total. The van der Waals surface area contributed by atoms with Crippen molar-refractivity contribution in [1.29, 1.82) is 0 Å². The van der Waals surface area contributed by atoms with Crippen LogP contribution >= 0.6 is 0 Å². The highest BCUT2D eigenvalue weighted by Gasteiger charge is 2.27. The lowest BCUT2D eigenvalue weighted by atomic mass is 9.99. The van der Waals surface area contributed by atoms with Crippen LogP contribution in [0.1, 0.15) is 5.56 Å². The number of fused-ring (bicyclic) bond motifs is 4. The van der Waals surface area contributed by atoms with Gasteiger partial charge in [-0.2, -0.15) is 0 Å². The van der Waals surface area contributed by atoms with Crippen LogP contribution in [-0.4, -0.2) is 9.55 Å². The van der Waals surface area contributed by atoms with Gasteiger partial charge in [-0.15, -0.1) is 0 Å². The third kappa shape index (κ3) is 4.06. The highest BCUT2D eigenvalue weighted by molar-refractivity contribution is 6.10. The van der Waals surface area contributed by atoms with E-state index in [-0.39, 0.29) is 0 Å². The van der Waals surface area contributed by atoms with Gasteiger partial charge in [-0.25, -0.2) is 14.1 Å². The highest BCUT2D eigenvalue weighted by Crippen LogP contribution is 2.39. The molecule has 0 aliphatic heterocycles. The third-order valence-corrected chi connectivity index (χ3v) is 8.61. The number of furan rings is 1. The molecule has 0 fully saturated rings. The van der Waals surface area contributed by atoms with Crippen molar-refractivity contribution < 1.29 is 8.98 Å². The maximum atomic E-state index is 6.76. The lowest BCUT2D eigenvalue weighted by Crippen LogP contribution is -2.30. The summed E-state index contributed by atoms with van der Waals surface area (Å²) in [6, 6.07) is 44.6. The molecule has 0 amide bonds. The first-order valence-electron chi connectivity index (χ1n) is 14.6. The summed E-state index contributed by atoms with van der Waals surface area (Å²) in [4.78, 5) is 5.14. The Labute approximate surface area is 250 Å². The van der Waals surface area contributed by atoms with Crippen molar-refractivity contribution >= 4 is 33.0 Å². The Morgan fingerprint density at radius 2 is 1.28 bits per heavy atom. The largest absolute Gasteiger partial charge is 0.455 e. The van der Waals surface area contributed by atoms with Crippen molar-refractivity contribution in [3.05, 3.63) is 133 Å². The Kier molecular flexibility index (Phi) is 5.76. The summed E-state index contributed by atoms with van der Waals surface area (Å²) in [5.74, 6) is 1.12. The van der Waals surface area contributed by atoms with Gasteiger partial charge in [-0.05, 0) is 60.0 Å². The molecule has 0 radical (unpaired) electrons. The molecule has 0 spiro atoms. The molecule has 3 heterocycles. The molecule has 8 aromatic rings. The van der Waals surface area contributed by atoms with Crippen molar-refractivity contribution in [1.82, 2.24) is 9.55 Å². The Hall–Kier alpha value is -5.48. The second kappa shape index (κ2) is 9.81. The summed E-state index contributed by atoms with van der Waals surface area (Å²) in [7, 11) is 4.26. The Morgan fingerprint density at radius 1 is 0.628 bits per heavy atom. The first-order chi connectivity index (χ1) is 21.1. The zero-order valence-electron chi connectivity index (χ0n) is 24.4. The van der Waals surface area contributed by atoms with Gasteiger partial charge >= 0.3 is 0 Å². The van der Waals surface area contributed by atoms with Crippen LogP contribution in [0.5, 0.6) is 0 Å². The zero-order chi connectivity index (χ0) is 29.1. The van der Waals surface area contributed by atoms with Crippen LogP contribution in [0.15, 0.2) is 132 Å². The van der Waals surface area contributed by atoms with Crippen LogP contribution in [0.25, 0.3) is 78.0 Å². The van der Waals surface area contributed by atoms with Crippen LogP contribution < -0.4 is 4.57 Å². The van der Waals surface area contributed by atoms with Crippen LogP contribution in [0, 0.1) is 6.92 Å². The molecule has 0 aliphatic carbocycles. The summed E-state index contributed by atoms with van der Waals surface area (Å²) in [6.45, 7) is 2.16. The van der Waals surface area contributed by atoms with E-state index < -0.39 is 0 Å². The number of rotatable bonds is 4. The molecule has 0 saturated carbocycles. The number of pyridine rings is 1. The summed E-state index contributed by atoms with van der Waals surface area (Å²) in [5.41, 5.74) is 12.7. The molecule has 43 heavy (non-hydrogen) atoms. The van der Waals surface area contributed by atoms with E-state index in [9.17, 15) is 0 Å². The minimum atomic E-state index is 0.856. The zero-order valence-corrected chi connectivity index (χ0v) is 24.4. The van der Waals surface area contributed by atoms with Gasteiger partial charge in [0.05, 0.1) is 25.5 Å². The number of hydrogen-bond acceptors (Lipinski definition) is 2. The molecular weight excluding hydrogens is 526 g/mol. The van der Waals surface area contributed by atoms with Gasteiger partial charge in [0.1, 0.15) is 11.1 Å². The van der Waals surface area contributed by atoms with Gasteiger partial charge in [0, 0.05) is 21.9 Å². The predicted octanol–water partition coefficient (Wildman–Crippen LogP) is 9.27. The van der Waals surface area contributed by atoms with Gasteiger partial charge in [-0.3, -0.25) is 0 Å². The van der Waals surface area contributed by atoms with Crippen LogP contribution in [-0.2, 0) is 14.1 Å². The van der Waals surface area contributed by atoms with Gasteiger partial charge in [0.2, 0.25) is 0 Å². The average molecular weight is 557 g/mol. The van der Waals surface area contributed by atoms with Crippen LogP contribution in [0.3, 0.4) is 0 Å². The fourth-order valence-corrected chi connectivity index (χ4v) is 6.43. The van der Waals surface area contributed by atoms with Crippen molar-refractivity contribution in [2.24, 2.45) is 14.1 Å². The van der Waals surface area contributed by atoms with Crippen molar-refractivity contribution in [3.63, 3.8) is 0 Å². The van der Waals surface area contributed by atoms with E-state index in [0.29, 0.717) is 0 Å². The maximum Gasteiger partial charge on any atom is 0.293 e. The standard InChI is InChI=1S/C39H30N3O/c1-25-18-20-31-30-21-19-28(24-36(30)43-38(31)37(25)39-41(2)34-16-10-11-17-35(34)42(39)3)33-23-29(26-12-6-4-7-13-26)22-32(40-33)27-14-8-5-9-15-27/h4-24H,1-3H3/q+1. The molecule has 8 rings (SSSR count). The predicted molar refractivity (Wildman–Crippen MR) is 176 cm³/mol. The van der Waals surface area contributed by atoms with E-state index in [1.165, 1.54) is 16.6 Å². The Balaban J connectivity index is 1.33. The topological polar surface area (TPSA) is 34.8 Å². The molecular formula is C39H30N3O+. The molecule has 5 aromatic carbocycles. The third-order valence-electron chi connectivity index (χ3n) is 8.61. The first-order valence-corrected chi connectivity index (χ1v) is 14.6. The fourth-order valence-electron chi connectivity index (χ4n) is 6.43. The van der Waals surface area contributed by atoms with E-state index >= 15 is 0 Å². The minimum Gasteiger partial charge on any atom is -0.455 e. The lowest BCUT2D eigenvalue weighted by Gasteiger charge is -2.10. The number of nitrogens with zero attached hydrogens (tertiary/aromatic N) is 3. The molecule has 4 heteroatoms. The lowest BCUT2D eigenvalue weighted by molar-refractivity contribution is -0.634. The summed E-state index contributed by atoms with van der Waals surface area (Å²) in [5, 5.41) is 2.22. The fraction of sp³-hybridized carbons (Fsp3) is 0.0769. The number of hydrogen-bond donors (Lipinski definition) is 0. The number of benzene rings is 5. The van der Waals surface area contributed by atoms with E-state index in [0.717, 1.165) is 67.0 Å². The smallest absolute Gasteiger partial charge is 0.293 e. The van der Waals surface area contributed by atoms with E-state index in [4.69, 9.17) is 9.40 Å². The molecule has 0 atom stereocenters. The normalized spacial score (nSPS) is 11.6. The summed E-state index contributed by atoms with van der Waals surface area (Å²) in [6.07, 6.45) is 0. The van der Waals surface area contributed by atoms with Crippen LogP contribution in [0.2, 0.25) is 0 Å². The van der Waals surface area contributed by atoms with Crippen molar-refractivity contribution in [2.75, 3.05) is 0 Å². The molecule has 3 aromatic heterocycles. The highest BCUT2D eigenvalue weighted by atomic mass is 16.3. The molecule has 0 N–H and O–H groups in total. The molecule has 0 unspecified atom stereocenters. The number of para-hydroxylation sites is 2. The molecule has 206 valence electrons.